The zero-order chi connectivity index (χ0) is 13.0. The van der Waals surface area contributed by atoms with Crippen LogP contribution < -0.4 is 0 Å². The number of carbonyl (C=O) groups excluding carboxylic acids is 1. The maximum atomic E-state index is 13.4. The van der Waals surface area contributed by atoms with E-state index in [2.05, 4.69) is 4.98 Å². The van der Waals surface area contributed by atoms with Gasteiger partial charge in [-0.15, -0.1) is 0 Å². The fourth-order valence-corrected chi connectivity index (χ4v) is 1.85. The summed E-state index contributed by atoms with van der Waals surface area (Å²) in [6, 6.07) is 9.58. The Morgan fingerprint density at radius 3 is 2.78 bits per heavy atom. The molecule has 18 heavy (non-hydrogen) atoms. The number of pyridine rings is 1. The number of carbonyl (C=O) groups is 1. The second kappa shape index (κ2) is 5.74. The molecule has 1 heterocycles. The summed E-state index contributed by atoms with van der Waals surface area (Å²) in [6.07, 6.45) is 1.86. The van der Waals surface area contributed by atoms with Gasteiger partial charge < -0.3 is 0 Å². The van der Waals surface area contributed by atoms with E-state index in [0.717, 1.165) is 0 Å². The molecule has 0 unspecified atom stereocenters. The highest BCUT2D eigenvalue weighted by Gasteiger charge is 2.10. The molecule has 0 radical (unpaired) electrons. The van der Waals surface area contributed by atoms with Crippen molar-refractivity contribution in [2.75, 3.05) is 0 Å². The van der Waals surface area contributed by atoms with Gasteiger partial charge >= 0.3 is 0 Å². The van der Waals surface area contributed by atoms with Gasteiger partial charge in [0.15, 0.2) is 0 Å². The zero-order valence-electron chi connectivity index (χ0n) is 9.57. The molecule has 0 aliphatic rings. The first-order chi connectivity index (χ1) is 8.65. The summed E-state index contributed by atoms with van der Waals surface area (Å²) in [7, 11) is 0. The topological polar surface area (TPSA) is 30.0 Å². The van der Waals surface area contributed by atoms with Gasteiger partial charge in [0.25, 0.3) is 0 Å². The Kier molecular flexibility index (Phi) is 4.05. The minimum Gasteiger partial charge on any atom is -0.299 e. The van der Waals surface area contributed by atoms with Crippen LogP contribution in [0.15, 0.2) is 42.6 Å². The standard InChI is InChI=1S/C14H11ClFNO/c15-11-4-5-14(16)10(7-11)8-13(18)9-12-3-1-2-6-17-12/h1-7H,8-9H2. The molecule has 0 saturated carbocycles. The molecule has 2 nitrogen and oxygen atoms in total. The van der Waals surface area contributed by atoms with Gasteiger partial charge in [0.2, 0.25) is 0 Å². The number of halogens is 2. The molecule has 2 rings (SSSR count). The molecule has 0 N–H and O–H groups in total. The third kappa shape index (κ3) is 3.37. The second-order valence-electron chi connectivity index (χ2n) is 3.95. The molecule has 1 aromatic carbocycles. The molecular weight excluding hydrogens is 253 g/mol. The average Bonchev–Trinajstić information content (AvgIpc) is 2.35. The number of hydrogen-bond donors (Lipinski definition) is 0. The van der Waals surface area contributed by atoms with Gasteiger partial charge in [-0.25, -0.2) is 4.39 Å². The van der Waals surface area contributed by atoms with Crippen LogP contribution in [0, 0.1) is 5.82 Å². The van der Waals surface area contributed by atoms with E-state index in [1.165, 1.54) is 18.2 Å². The Morgan fingerprint density at radius 1 is 1.22 bits per heavy atom. The van der Waals surface area contributed by atoms with Crippen LogP contribution in [0.25, 0.3) is 0 Å². The number of ketones is 1. The van der Waals surface area contributed by atoms with Gasteiger partial charge in [0.1, 0.15) is 11.6 Å². The molecule has 0 aliphatic heterocycles. The molecule has 4 heteroatoms. The molecule has 0 saturated heterocycles. The van der Waals surface area contributed by atoms with Gasteiger partial charge in [-0.1, -0.05) is 17.7 Å². The van der Waals surface area contributed by atoms with Crippen molar-refractivity contribution in [1.82, 2.24) is 4.98 Å². The molecule has 92 valence electrons. The van der Waals surface area contributed by atoms with Crippen molar-refractivity contribution in [3.05, 3.63) is 64.7 Å². The summed E-state index contributed by atoms with van der Waals surface area (Å²) in [5.74, 6) is -0.497. The summed E-state index contributed by atoms with van der Waals surface area (Å²) >= 11 is 5.77. The Hall–Kier alpha value is -1.74. The first kappa shape index (κ1) is 12.7. The van der Waals surface area contributed by atoms with Crippen molar-refractivity contribution in [2.45, 2.75) is 12.8 Å². The van der Waals surface area contributed by atoms with E-state index in [1.54, 1.807) is 18.3 Å². The monoisotopic (exact) mass is 263 g/mol. The van der Waals surface area contributed by atoms with Gasteiger partial charge in [0.05, 0.1) is 0 Å². The third-order valence-corrected chi connectivity index (χ3v) is 2.73. The normalized spacial score (nSPS) is 10.3. The van der Waals surface area contributed by atoms with E-state index >= 15 is 0 Å². The van der Waals surface area contributed by atoms with E-state index < -0.39 is 5.82 Å². The van der Waals surface area contributed by atoms with Crippen LogP contribution in [0.1, 0.15) is 11.3 Å². The quantitative estimate of drug-likeness (QED) is 0.848. The second-order valence-corrected chi connectivity index (χ2v) is 4.39. The van der Waals surface area contributed by atoms with Crippen LogP contribution >= 0.6 is 11.6 Å². The molecule has 2 aromatic rings. The van der Waals surface area contributed by atoms with Crippen LogP contribution in [0.2, 0.25) is 5.02 Å². The van der Waals surface area contributed by atoms with Gasteiger partial charge in [-0.3, -0.25) is 9.78 Å². The van der Waals surface area contributed by atoms with Crippen LogP contribution in [0.4, 0.5) is 4.39 Å². The SMILES string of the molecule is O=C(Cc1ccccn1)Cc1cc(Cl)ccc1F. The molecule has 0 spiro atoms. The molecule has 0 amide bonds. The van der Waals surface area contributed by atoms with Crippen molar-refractivity contribution >= 4 is 17.4 Å². The van der Waals surface area contributed by atoms with Gasteiger partial charge in [-0.05, 0) is 35.9 Å². The lowest BCUT2D eigenvalue weighted by Crippen LogP contribution is -2.08. The maximum Gasteiger partial charge on any atom is 0.143 e. The summed E-state index contributed by atoms with van der Waals surface area (Å²) in [5, 5.41) is 0.428. The summed E-state index contributed by atoms with van der Waals surface area (Å²) < 4.78 is 13.4. The lowest BCUT2D eigenvalue weighted by molar-refractivity contribution is -0.117. The number of aromatic nitrogens is 1. The molecule has 0 fully saturated rings. The fraction of sp³-hybridized carbons (Fsp3) is 0.143. The van der Waals surface area contributed by atoms with Crippen LogP contribution in [-0.4, -0.2) is 10.8 Å². The Bertz CT molecular complexity index is 557. The van der Waals surface area contributed by atoms with Gasteiger partial charge in [-0.2, -0.15) is 0 Å². The lowest BCUT2D eigenvalue weighted by atomic mass is 10.0. The largest absolute Gasteiger partial charge is 0.299 e. The van der Waals surface area contributed by atoms with Crippen molar-refractivity contribution in [3.8, 4) is 0 Å². The van der Waals surface area contributed by atoms with Crippen molar-refractivity contribution in [1.29, 1.82) is 0 Å². The number of nitrogens with zero attached hydrogens (tertiary/aromatic N) is 1. The molecule has 0 atom stereocenters. The molecular formula is C14H11ClFNO. The van der Waals surface area contributed by atoms with E-state index in [1.807, 2.05) is 6.07 Å². The predicted molar refractivity (Wildman–Crippen MR) is 68.1 cm³/mol. The number of Topliss-reactive ketones (excluding diaryl/α,β-unsaturated/α-hetero) is 1. The summed E-state index contributed by atoms with van der Waals surface area (Å²) in [6.45, 7) is 0. The Labute approximate surface area is 109 Å². The molecule has 0 bridgehead atoms. The van der Waals surface area contributed by atoms with E-state index in [0.29, 0.717) is 16.3 Å². The Balaban J connectivity index is 2.05. The number of rotatable bonds is 4. The minimum atomic E-state index is -0.409. The summed E-state index contributed by atoms with van der Waals surface area (Å²) in [4.78, 5) is 15.9. The predicted octanol–water partition coefficient (Wildman–Crippen LogP) is 3.23. The zero-order valence-corrected chi connectivity index (χ0v) is 10.3. The summed E-state index contributed by atoms with van der Waals surface area (Å²) in [5.41, 5.74) is 1.01. The number of benzene rings is 1. The highest BCUT2D eigenvalue weighted by Crippen LogP contribution is 2.16. The van der Waals surface area contributed by atoms with Crippen LogP contribution in [0.5, 0.6) is 0 Å². The minimum absolute atomic E-state index is 0.0307. The van der Waals surface area contributed by atoms with E-state index in [9.17, 15) is 9.18 Å². The molecule has 0 aliphatic carbocycles. The number of hydrogen-bond acceptors (Lipinski definition) is 2. The van der Waals surface area contributed by atoms with Crippen LogP contribution in [-0.2, 0) is 17.6 Å². The highest BCUT2D eigenvalue weighted by molar-refractivity contribution is 6.30. The maximum absolute atomic E-state index is 13.4. The fourth-order valence-electron chi connectivity index (χ4n) is 1.66. The van der Waals surface area contributed by atoms with E-state index in [-0.39, 0.29) is 18.6 Å². The van der Waals surface area contributed by atoms with Crippen LogP contribution in [0.3, 0.4) is 0 Å². The highest BCUT2D eigenvalue weighted by atomic mass is 35.5. The van der Waals surface area contributed by atoms with E-state index in [4.69, 9.17) is 11.6 Å². The van der Waals surface area contributed by atoms with Gasteiger partial charge in [0, 0.05) is 29.8 Å². The Morgan fingerprint density at radius 2 is 2.06 bits per heavy atom. The average molecular weight is 264 g/mol. The van der Waals surface area contributed by atoms with Crippen molar-refractivity contribution < 1.29 is 9.18 Å². The first-order valence-corrected chi connectivity index (χ1v) is 5.88. The van der Waals surface area contributed by atoms with Crippen molar-refractivity contribution in [2.24, 2.45) is 0 Å². The smallest absolute Gasteiger partial charge is 0.143 e. The molecule has 1 aromatic heterocycles. The van der Waals surface area contributed by atoms with Crippen molar-refractivity contribution in [3.63, 3.8) is 0 Å². The third-order valence-electron chi connectivity index (χ3n) is 2.50. The first-order valence-electron chi connectivity index (χ1n) is 5.50. The lowest BCUT2D eigenvalue weighted by Gasteiger charge is -2.03.